The van der Waals surface area contributed by atoms with E-state index in [1.54, 1.807) is 6.07 Å². The predicted octanol–water partition coefficient (Wildman–Crippen LogP) is 2.47. The molecule has 0 aliphatic heterocycles. The molecule has 0 aromatic heterocycles. The van der Waals surface area contributed by atoms with E-state index in [0.29, 0.717) is 12.2 Å². The van der Waals surface area contributed by atoms with Gasteiger partial charge in [-0.3, -0.25) is 0 Å². The van der Waals surface area contributed by atoms with Crippen LogP contribution in [0.2, 0.25) is 0 Å². The van der Waals surface area contributed by atoms with Crippen molar-refractivity contribution in [3.8, 4) is 0 Å². The first-order chi connectivity index (χ1) is 7.79. The number of hydrogen-bond donors (Lipinski definition) is 1. The molecule has 0 bridgehead atoms. The van der Waals surface area contributed by atoms with Crippen molar-refractivity contribution < 1.29 is 9.13 Å². The van der Waals surface area contributed by atoms with E-state index in [1.165, 1.54) is 18.9 Å². The van der Waals surface area contributed by atoms with Crippen LogP contribution in [0.5, 0.6) is 0 Å². The number of hydrogen-bond acceptors (Lipinski definition) is 2. The molecule has 88 valence electrons. The van der Waals surface area contributed by atoms with Crippen LogP contribution in [0.1, 0.15) is 24.0 Å². The second-order valence-electron chi connectivity index (χ2n) is 4.41. The third-order valence-corrected chi connectivity index (χ3v) is 2.80. The minimum Gasteiger partial charge on any atom is -0.376 e. The quantitative estimate of drug-likeness (QED) is 0.800. The molecule has 0 atom stereocenters. The average Bonchev–Trinajstić information content (AvgIpc) is 3.07. The lowest BCUT2D eigenvalue weighted by molar-refractivity contribution is 0.109. The molecule has 16 heavy (non-hydrogen) atoms. The Morgan fingerprint density at radius 2 is 2.25 bits per heavy atom. The highest BCUT2D eigenvalue weighted by atomic mass is 19.1. The molecule has 2 nitrogen and oxygen atoms in total. The standard InChI is InChI=1S/C13H18FNO/c1-15-7-11-4-5-13(14)12(6-11)9-16-8-10-2-3-10/h4-6,10,15H,2-3,7-9H2,1H3. The van der Waals surface area contributed by atoms with Crippen molar-refractivity contribution in [1.29, 1.82) is 0 Å². The lowest BCUT2D eigenvalue weighted by Crippen LogP contribution is -2.06. The summed E-state index contributed by atoms with van der Waals surface area (Å²) in [7, 11) is 1.88. The lowest BCUT2D eigenvalue weighted by atomic mass is 10.1. The highest BCUT2D eigenvalue weighted by Gasteiger charge is 2.21. The Balaban J connectivity index is 1.91. The Bertz CT molecular complexity index is 350. The maximum Gasteiger partial charge on any atom is 0.128 e. The number of ether oxygens (including phenoxy) is 1. The molecule has 1 aliphatic rings. The van der Waals surface area contributed by atoms with Gasteiger partial charge in [0.1, 0.15) is 5.82 Å². The Hall–Kier alpha value is -0.930. The van der Waals surface area contributed by atoms with Crippen molar-refractivity contribution in [3.05, 3.63) is 35.1 Å². The SMILES string of the molecule is CNCc1ccc(F)c(COCC2CC2)c1. The lowest BCUT2D eigenvalue weighted by Gasteiger charge is -2.07. The summed E-state index contributed by atoms with van der Waals surface area (Å²) in [5, 5.41) is 3.05. The molecule has 0 saturated heterocycles. The molecule has 1 aromatic carbocycles. The predicted molar refractivity (Wildman–Crippen MR) is 61.5 cm³/mol. The van der Waals surface area contributed by atoms with Gasteiger partial charge in [0.05, 0.1) is 6.61 Å². The van der Waals surface area contributed by atoms with Crippen LogP contribution in [0.4, 0.5) is 4.39 Å². The third-order valence-electron chi connectivity index (χ3n) is 2.80. The fourth-order valence-electron chi connectivity index (χ4n) is 1.67. The molecule has 0 amide bonds. The van der Waals surface area contributed by atoms with Gasteiger partial charge in [-0.05, 0) is 43.5 Å². The zero-order chi connectivity index (χ0) is 11.4. The monoisotopic (exact) mass is 223 g/mol. The maximum atomic E-state index is 13.4. The highest BCUT2D eigenvalue weighted by Crippen LogP contribution is 2.29. The fourth-order valence-corrected chi connectivity index (χ4v) is 1.67. The van der Waals surface area contributed by atoms with Gasteiger partial charge < -0.3 is 10.1 Å². The maximum absolute atomic E-state index is 13.4. The molecule has 0 radical (unpaired) electrons. The minimum atomic E-state index is -0.171. The average molecular weight is 223 g/mol. The summed E-state index contributed by atoms with van der Waals surface area (Å²) < 4.78 is 18.9. The molecule has 0 unspecified atom stereocenters. The first-order valence-corrected chi connectivity index (χ1v) is 5.79. The van der Waals surface area contributed by atoms with Crippen molar-refractivity contribution in [1.82, 2.24) is 5.32 Å². The molecule has 1 N–H and O–H groups in total. The van der Waals surface area contributed by atoms with Gasteiger partial charge >= 0.3 is 0 Å². The largest absolute Gasteiger partial charge is 0.376 e. The van der Waals surface area contributed by atoms with E-state index in [2.05, 4.69) is 5.32 Å². The first kappa shape index (κ1) is 11.6. The molecular weight excluding hydrogens is 205 g/mol. The van der Waals surface area contributed by atoms with E-state index in [1.807, 2.05) is 13.1 Å². The summed E-state index contributed by atoms with van der Waals surface area (Å²) in [5.41, 5.74) is 1.75. The van der Waals surface area contributed by atoms with E-state index in [4.69, 9.17) is 4.74 Å². The molecule has 0 spiro atoms. The van der Waals surface area contributed by atoms with Gasteiger partial charge in [0.2, 0.25) is 0 Å². The van der Waals surface area contributed by atoms with E-state index in [0.717, 1.165) is 24.6 Å². The van der Waals surface area contributed by atoms with Crippen molar-refractivity contribution >= 4 is 0 Å². The second kappa shape index (κ2) is 5.41. The van der Waals surface area contributed by atoms with Crippen molar-refractivity contribution in [2.24, 2.45) is 5.92 Å². The molecule has 1 aliphatic carbocycles. The Morgan fingerprint density at radius 3 is 2.94 bits per heavy atom. The zero-order valence-electron chi connectivity index (χ0n) is 9.63. The number of rotatable bonds is 6. The number of benzene rings is 1. The minimum absolute atomic E-state index is 0.171. The van der Waals surface area contributed by atoms with Crippen molar-refractivity contribution in [2.45, 2.75) is 26.0 Å². The number of halogens is 1. The normalized spacial score (nSPS) is 15.4. The first-order valence-electron chi connectivity index (χ1n) is 5.79. The van der Waals surface area contributed by atoms with Crippen LogP contribution in [0.3, 0.4) is 0 Å². The van der Waals surface area contributed by atoms with Gasteiger partial charge in [-0.1, -0.05) is 6.07 Å². The van der Waals surface area contributed by atoms with Gasteiger partial charge in [-0.25, -0.2) is 4.39 Å². The third kappa shape index (κ3) is 3.29. The van der Waals surface area contributed by atoms with Gasteiger partial charge in [-0.15, -0.1) is 0 Å². The van der Waals surface area contributed by atoms with E-state index in [-0.39, 0.29) is 5.82 Å². The van der Waals surface area contributed by atoms with Crippen molar-refractivity contribution in [2.75, 3.05) is 13.7 Å². The van der Waals surface area contributed by atoms with Gasteiger partial charge in [0, 0.05) is 18.7 Å². The van der Waals surface area contributed by atoms with Crippen LogP contribution in [0.15, 0.2) is 18.2 Å². The van der Waals surface area contributed by atoms with Gasteiger partial charge in [-0.2, -0.15) is 0 Å². The molecule has 0 heterocycles. The van der Waals surface area contributed by atoms with Gasteiger partial charge in [0.15, 0.2) is 0 Å². The molecule has 3 heteroatoms. The topological polar surface area (TPSA) is 21.3 Å². The second-order valence-corrected chi connectivity index (χ2v) is 4.41. The summed E-state index contributed by atoms with van der Waals surface area (Å²) in [6.07, 6.45) is 2.53. The molecule has 1 aromatic rings. The van der Waals surface area contributed by atoms with Crippen molar-refractivity contribution in [3.63, 3.8) is 0 Å². The summed E-state index contributed by atoms with van der Waals surface area (Å²) in [6.45, 7) is 1.92. The van der Waals surface area contributed by atoms with Crippen LogP contribution in [-0.4, -0.2) is 13.7 Å². The Morgan fingerprint density at radius 1 is 1.44 bits per heavy atom. The van der Waals surface area contributed by atoms with E-state index < -0.39 is 0 Å². The molecule has 1 saturated carbocycles. The van der Waals surface area contributed by atoms with Crippen LogP contribution >= 0.6 is 0 Å². The summed E-state index contributed by atoms with van der Waals surface area (Å²) >= 11 is 0. The summed E-state index contributed by atoms with van der Waals surface area (Å²) in [6, 6.07) is 5.19. The van der Waals surface area contributed by atoms with Crippen LogP contribution in [0, 0.1) is 11.7 Å². The van der Waals surface area contributed by atoms with E-state index in [9.17, 15) is 4.39 Å². The Kier molecular flexibility index (Phi) is 3.91. The smallest absolute Gasteiger partial charge is 0.128 e. The Labute approximate surface area is 95.8 Å². The van der Waals surface area contributed by atoms with Gasteiger partial charge in [0.25, 0.3) is 0 Å². The highest BCUT2D eigenvalue weighted by molar-refractivity contribution is 5.24. The summed E-state index contributed by atoms with van der Waals surface area (Å²) in [4.78, 5) is 0. The van der Waals surface area contributed by atoms with Crippen LogP contribution in [0.25, 0.3) is 0 Å². The van der Waals surface area contributed by atoms with E-state index >= 15 is 0 Å². The zero-order valence-corrected chi connectivity index (χ0v) is 9.63. The summed E-state index contributed by atoms with van der Waals surface area (Å²) in [5.74, 6) is 0.555. The molecular formula is C13H18FNO. The number of nitrogens with one attached hydrogen (secondary N) is 1. The molecule has 1 fully saturated rings. The fraction of sp³-hybridized carbons (Fsp3) is 0.538. The van der Waals surface area contributed by atoms with Crippen LogP contribution < -0.4 is 5.32 Å². The van der Waals surface area contributed by atoms with Crippen LogP contribution in [-0.2, 0) is 17.9 Å². The molecule has 2 rings (SSSR count).